The number of pyridine rings is 1. The highest BCUT2D eigenvalue weighted by Gasteiger charge is 2.16. The van der Waals surface area contributed by atoms with Crippen molar-refractivity contribution in [2.24, 2.45) is 0 Å². The van der Waals surface area contributed by atoms with Gasteiger partial charge in [-0.25, -0.2) is 4.98 Å². The van der Waals surface area contributed by atoms with E-state index in [1.165, 1.54) is 16.5 Å². The highest BCUT2D eigenvalue weighted by atomic mass is 14.9. The van der Waals surface area contributed by atoms with Crippen LogP contribution in [0.1, 0.15) is 26.5 Å². The van der Waals surface area contributed by atoms with Gasteiger partial charge in [0.25, 0.3) is 0 Å². The first-order chi connectivity index (χ1) is 8.04. The molecule has 0 amide bonds. The fraction of sp³-hybridized carbons (Fsp3) is 0.267. The van der Waals surface area contributed by atoms with Crippen molar-refractivity contribution in [2.45, 2.75) is 26.2 Å². The van der Waals surface area contributed by atoms with Gasteiger partial charge >= 0.3 is 0 Å². The average molecular weight is 224 g/mol. The number of fused-ring (bicyclic) bond motifs is 2. The van der Waals surface area contributed by atoms with Crippen LogP contribution in [0.4, 0.5) is 0 Å². The fourth-order valence-corrected chi connectivity index (χ4v) is 2.07. The van der Waals surface area contributed by atoms with Gasteiger partial charge in [0.15, 0.2) is 0 Å². The number of aromatic amines is 1. The summed E-state index contributed by atoms with van der Waals surface area (Å²) in [6.45, 7) is 6.62. The molecule has 0 radical (unpaired) electrons. The summed E-state index contributed by atoms with van der Waals surface area (Å²) in [5, 5.41) is 2.38. The zero-order chi connectivity index (χ0) is 12.0. The topological polar surface area (TPSA) is 28.7 Å². The van der Waals surface area contributed by atoms with Crippen molar-refractivity contribution in [3.8, 4) is 0 Å². The largest absolute Gasteiger partial charge is 0.343 e. The Hall–Kier alpha value is -1.83. The third-order valence-electron chi connectivity index (χ3n) is 3.11. The van der Waals surface area contributed by atoms with E-state index in [1.807, 2.05) is 18.2 Å². The van der Waals surface area contributed by atoms with Gasteiger partial charge in [-0.15, -0.1) is 0 Å². The molecule has 3 aromatic rings. The first-order valence-corrected chi connectivity index (χ1v) is 5.93. The number of hydrogen-bond donors (Lipinski definition) is 1. The van der Waals surface area contributed by atoms with Gasteiger partial charge in [0.1, 0.15) is 5.65 Å². The lowest BCUT2D eigenvalue weighted by Crippen LogP contribution is -2.11. The van der Waals surface area contributed by atoms with Gasteiger partial charge in [0, 0.05) is 21.9 Å². The van der Waals surface area contributed by atoms with Crippen LogP contribution < -0.4 is 0 Å². The summed E-state index contributed by atoms with van der Waals surface area (Å²) in [4.78, 5) is 8.07. The second kappa shape index (κ2) is 3.33. The Morgan fingerprint density at radius 1 is 1.00 bits per heavy atom. The van der Waals surface area contributed by atoms with Gasteiger partial charge in [-0.05, 0) is 18.2 Å². The molecule has 0 fully saturated rings. The van der Waals surface area contributed by atoms with Crippen molar-refractivity contribution in [3.05, 3.63) is 42.1 Å². The molecule has 0 spiro atoms. The number of hydrogen-bond acceptors (Lipinski definition) is 1. The van der Waals surface area contributed by atoms with E-state index in [0.717, 1.165) is 11.2 Å². The predicted molar refractivity (Wildman–Crippen MR) is 72.3 cm³/mol. The normalized spacial score (nSPS) is 12.4. The molecule has 2 aromatic heterocycles. The third kappa shape index (κ3) is 1.70. The van der Waals surface area contributed by atoms with E-state index in [0.29, 0.717) is 0 Å². The molecule has 0 atom stereocenters. The number of nitrogens with zero attached hydrogens (tertiary/aromatic N) is 1. The molecule has 0 saturated carbocycles. The van der Waals surface area contributed by atoms with Gasteiger partial charge in [-0.3, -0.25) is 0 Å². The van der Waals surface area contributed by atoms with E-state index in [4.69, 9.17) is 0 Å². The Morgan fingerprint density at radius 2 is 1.76 bits per heavy atom. The second-order valence-corrected chi connectivity index (χ2v) is 5.55. The molecule has 2 heteroatoms. The molecule has 3 rings (SSSR count). The van der Waals surface area contributed by atoms with Gasteiger partial charge < -0.3 is 4.98 Å². The summed E-state index contributed by atoms with van der Waals surface area (Å²) >= 11 is 0. The minimum atomic E-state index is 0.132. The van der Waals surface area contributed by atoms with Crippen molar-refractivity contribution in [1.82, 2.24) is 9.97 Å². The van der Waals surface area contributed by atoms with Crippen LogP contribution in [0, 0.1) is 0 Å². The smallest absolute Gasteiger partial charge is 0.138 e. The van der Waals surface area contributed by atoms with E-state index in [2.05, 4.69) is 48.9 Å². The summed E-state index contributed by atoms with van der Waals surface area (Å²) in [6, 6.07) is 12.6. The maximum atomic E-state index is 4.66. The molecule has 2 nitrogen and oxygen atoms in total. The third-order valence-corrected chi connectivity index (χ3v) is 3.11. The second-order valence-electron chi connectivity index (χ2n) is 5.55. The van der Waals surface area contributed by atoms with Crippen LogP contribution >= 0.6 is 0 Å². The number of para-hydroxylation sites is 1. The molecule has 1 N–H and O–H groups in total. The summed E-state index contributed by atoms with van der Waals surface area (Å²) in [7, 11) is 0. The number of H-pyrrole nitrogens is 1. The molecule has 0 aliphatic heterocycles. The highest BCUT2D eigenvalue weighted by molar-refractivity contribution is 5.91. The number of aromatic nitrogens is 2. The van der Waals surface area contributed by atoms with Crippen LogP contribution in [0.3, 0.4) is 0 Å². The van der Waals surface area contributed by atoms with Crippen molar-refractivity contribution in [1.29, 1.82) is 0 Å². The lowest BCUT2D eigenvalue weighted by molar-refractivity contribution is 0.574. The Bertz CT molecular complexity index is 634. The molecule has 0 bridgehead atoms. The Labute approximate surface area is 101 Å². The maximum Gasteiger partial charge on any atom is 0.138 e. The van der Waals surface area contributed by atoms with Crippen molar-refractivity contribution >= 4 is 21.9 Å². The zero-order valence-electron chi connectivity index (χ0n) is 10.4. The highest BCUT2D eigenvalue weighted by Crippen LogP contribution is 2.26. The first kappa shape index (κ1) is 10.3. The molecule has 17 heavy (non-hydrogen) atoms. The number of nitrogens with one attached hydrogen (secondary N) is 1. The fourth-order valence-electron chi connectivity index (χ4n) is 2.07. The summed E-state index contributed by atoms with van der Waals surface area (Å²) in [5.74, 6) is 0. The molecule has 0 aliphatic carbocycles. The minimum absolute atomic E-state index is 0.132. The molecular weight excluding hydrogens is 208 g/mol. The van der Waals surface area contributed by atoms with E-state index in [-0.39, 0.29) is 5.41 Å². The lowest BCUT2D eigenvalue weighted by atomic mass is 9.92. The summed E-state index contributed by atoms with van der Waals surface area (Å²) in [5.41, 5.74) is 3.39. The lowest BCUT2D eigenvalue weighted by Gasteiger charge is -2.15. The Kier molecular flexibility index (Phi) is 2.02. The van der Waals surface area contributed by atoms with E-state index < -0.39 is 0 Å². The van der Waals surface area contributed by atoms with Crippen LogP contribution in [0.15, 0.2) is 36.4 Å². The Morgan fingerprint density at radius 3 is 2.53 bits per heavy atom. The predicted octanol–water partition coefficient (Wildman–Crippen LogP) is 4.01. The summed E-state index contributed by atoms with van der Waals surface area (Å²) < 4.78 is 0. The SMILES string of the molecule is CC(C)(C)c1cc2cc3ccccc3nc2[nH]1. The van der Waals surface area contributed by atoms with E-state index >= 15 is 0 Å². The number of rotatable bonds is 0. The molecule has 2 heterocycles. The zero-order valence-corrected chi connectivity index (χ0v) is 10.4. The molecule has 86 valence electrons. The van der Waals surface area contributed by atoms with Gasteiger partial charge in [-0.1, -0.05) is 39.0 Å². The molecule has 0 aliphatic rings. The average Bonchev–Trinajstić information content (AvgIpc) is 2.68. The molecule has 1 aromatic carbocycles. The summed E-state index contributed by atoms with van der Waals surface area (Å²) in [6.07, 6.45) is 0. The quantitative estimate of drug-likeness (QED) is 0.614. The Balaban J connectivity index is 2.32. The van der Waals surface area contributed by atoms with E-state index in [1.54, 1.807) is 0 Å². The van der Waals surface area contributed by atoms with Gasteiger partial charge in [-0.2, -0.15) is 0 Å². The maximum absolute atomic E-state index is 4.66. The standard InChI is InChI=1S/C15H16N2/c1-15(2,3)13-9-11-8-10-6-4-5-7-12(10)16-14(11)17-13/h4-9H,1-3H3,(H,16,17). The molecule has 0 saturated heterocycles. The first-order valence-electron chi connectivity index (χ1n) is 5.93. The number of benzene rings is 1. The molecular formula is C15H16N2. The van der Waals surface area contributed by atoms with Crippen molar-refractivity contribution in [2.75, 3.05) is 0 Å². The van der Waals surface area contributed by atoms with Gasteiger partial charge in [0.2, 0.25) is 0 Å². The van der Waals surface area contributed by atoms with E-state index in [9.17, 15) is 0 Å². The van der Waals surface area contributed by atoms with Crippen LogP contribution in [-0.4, -0.2) is 9.97 Å². The van der Waals surface area contributed by atoms with Crippen LogP contribution in [0.2, 0.25) is 0 Å². The minimum Gasteiger partial charge on any atom is -0.343 e. The van der Waals surface area contributed by atoms with Crippen molar-refractivity contribution < 1.29 is 0 Å². The monoisotopic (exact) mass is 224 g/mol. The van der Waals surface area contributed by atoms with Crippen LogP contribution in [0.25, 0.3) is 21.9 Å². The van der Waals surface area contributed by atoms with Gasteiger partial charge in [0.05, 0.1) is 5.52 Å². The van der Waals surface area contributed by atoms with Crippen LogP contribution in [-0.2, 0) is 5.41 Å². The van der Waals surface area contributed by atoms with Crippen LogP contribution in [0.5, 0.6) is 0 Å². The van der Waals surface area contributed by atoms with Crippen molar-refractivity contribution in [3.63, 3.8) is 0 Å². The molecule has 0 unspecified atom stereocenters.